The number of rotatable bonds is 3. The number of hydrogen-bond donors (Lipinski definition) is 0. The van der Waals surface area contributed by atoms with Crippen LogP contribution in [-0.2, 0) is 6.42 Å². The molecule has 0 unspecified atom stereocenters. The maximum atomic E-state index is 6.34. The molecule has 0 radical (unpaired) electrons. The molecule has 3 heterocycles. The second-order valence-corrected chi connectivity index (χ2v) is 7.52. The van der Waals surface area contributed by atoms with E-state index in [0.29, 0.717) is 16.5 Å². The van der Waals surface area contributed by atoms with Gasteiger partial charge in [0.25, 0.3) is 0 Å². The maximum absolute atomic E-state index is 6.34. The van der Waals surface area contributed by atoms with E-state index in [0.717, 1.165) is 41.7 Å². The first kappa shape index (κ1) is 16.7. The van der Waals surface area contributed by atoms with Gasteiger partial charge in [-0.1, -0.05) is 42.3 Å². The molecule has 0 bridgehead atoms. The molecule has 2 aromatic heterocycles. The zero-order valence-electron chi connectivity index (χ0n) is 14.1. The Morgan fingerprint density at radius 2 is 1.96 bits per heavy atom. The van der Waals surface area contributed by atoms with Crippen LogP contribution in [0.5, 0.6) is 0 Å². The molecule has 1 aliphatic heterocycles. The van der Waals surface area contributed by atoms with E-state index in [1.807, 2.05) is 30.7 Å². The number of halogens is 2. The van der Waals surface area contributed by atoms with Crippen molar-refractivity contribution in [3.05, 3.63) is 58.2 Å². The first-order chi connectivity index (χ1) is 12.1. The molecule has 4 rings (SSSR count). The lowest BCUT2D eigenvalue weighted by Gasteiger charge is -2.31. The highest BCUT2D eigenvalue weighted by atomic mass is 35.5. The van der Waals surface area contributed by atoms with Crippen LogP contribution in [0.25, 0.3) is 5.52 Å². The van der Waals surface area contributed by atoms with Crippen molar-refractivity contribution in [2.75, 3.05) is 18.0 Å². The van der Waals surface area contributed by atoms with Crippen LogP contribution in [0.4, 0.5) is 5.82 Å². The summed E-state index contributed by atoms with van der Waals surface area (Å²) in [5, 5.41) is 1.17. The Labute approximate surface area is 157 Å². The standard InChI is InChI=1S/C19H20Cl2N4/c1-13-5-8-24(9-6-13)19-16-12-23-17(25(16)10-7-22-19)11-14-3-2-4-15(20)18(14)21/h2-4,7,10,12-13H,5-6,8-9,11H2,1H3. The molecule has 0 amide bonds. The van der Waals surface area contributed by atoms with Crippen molar-refractivity contribution in [3.63, 3.8) is 0 Å². The lowest BCUT2D eigenvalue weighted by atomic mass is 9.99. The second-order valence-electron chi connectivity index (χ2n) is 6.74. The second kappa shape index (κ2) is 6.85. The Kier molecular flexibility index (Phi) is 4.57. The zero-order valence-corrected chi connectivity index (χ0v) is 15.6. The van der Waals surface area contributed by atoms with E-state index < -0.39 is 0 Å². The molecule has 1 saturated heterocycles. The number of aromatic nitrogens is 3. The fourth-order valence-electron chi connectivity index (χ4n) is 3.42. The molecule has 0 N–H and O–H groups in total. The van der Waals surface area contributed by atoms with Crippen molar-refractivity contribution < 1.29 is 0 Å². The number of piperidine rings is 1. The number of benzene rings is 1. The maximum Gasteiger partial charge on any atom is 0.154 e. The quantitative estimate of drug-likeness (QED) is 0.655. The Hall–Kier alpha value is -1.78. The fraction of sp³-hybridized carbons (Fsp3) is 0.368. The van der Waals surface area contributed by atoms with Gasteiger partial charge in [-0.05, 0) is 30.4 Å². The average Bonchev–Trinajstić information content (AvgIpc) is 3.03. The van der Waals surface area contributed by atoms with Crippen LogP contribution >= 0.6 is 23.2 Å². The van der Waals surface area contributed by atoms with Gasteiger partial charge in [-0.2, -0.15) is 0 Å². The SMILES string of the molecule is CC1CCN(c2nccn3c(Cc4cccc(Cl)c4Cl)ncc23)CC1. The van der Waals surface area contributed by atoms with Gasteiger partial charge in [0.15, 0.2) is 5.82 Å². The van der Waals surface area contributed by atoms with Crippen LogP contribution in [0.1, 0.15) is 31.2 Å². The van der Waals surface area contributed by atoms with E-state index in [1.54, 1.807) is 6.07 Å². The summed E-state index contributed by atoms with van der Waals surface area (Å²) >= 11 is 12.5. The predicted molar refractivity (Wildman–Crippen MR) is 103 cm³/mol. The molecule has 1 aliphatic rings. The minimum atomic E-state index is 0.574. The van der Waals surface area contributed by atoms with Gasteiger partial charge in [-0.3, -0.25) is 4.40 Å². The third-order valence-corrected chi connectivity index (χ3v) is 5.84. The molecule has 0 aliphatic carbocycles. The van der Waals surface area contributed by atoms with Gasteiger partial charge in [-0.15, -0.1) is 0 Å². The molecule has 3 aromatic rings. The largest absolute Gasteiger partial charge is 0.355 e. The number of hydrogen-bond acceptors (Lipinski definition) is 3. The Morgan fingerprint density at radius 1 is 1.16 bits per heavy atom. The van der Waals surface area contributed by atoms with Gasteiger partial charge >= 0.3 is 0 Å². The van der Waals surface area contributed by atoms with Gasteiger partial charge in [-0.25, -0.2) is 9.97 Å². The number of imidazole rings is 1. The molecule has 0 atom stereocenters. The summed E-state index contributed by atoms with van der Waals surface area (Å²) in [6.07, 6.45) is 8.78. The smallest absolute Gasteiger partial charge is 0.154 e. The lowest BCUT2D eigenvalue weighted by molar-refractivity contribution is 0.437. The van der Waals surface area contributed by atoms with Gasteiger partial charge in [0.2, 0.25) is 0 Å². The zero-order chi connectivity index (χ0) is 17.4. The van der Waals surface area contributed by atoms with E-state index >= 15 is 0 Å². The van der Waals surface area contributed by atoms with Gasteiger partial charge in [0.05, 0.1) is 16.2 Å². The topological polar surface area (TPSA) is 33.4 Å². The third-order valence-electron chi connectivity index (χ3n) is 4.98. The summed E-state index contributed by atoms with van der Waals surface area (Å²) in [4.78, 5) is 11.6. The summed E-state index contributed by atoms with van der Waals surface area (Å²) in [5.74, 6) is 2.75. The summed E-state index contributed by atoms with van der Waals surface area (Å²) in [6.45, 7) is 4.42. The van der Waals surface area contributed by atoms with E-state index in [4.69, 9.17) is 23.2 Å². The Bertz CT molecular complexity index is 898. The molecular weight excluding hydrogens is 355 g/mol. The first-order valence-electron chi connectivity index (χ1n) is 8.62. The van der Waals surface area contributed by atoms with Crippen LogP contribution < -0.4 is 4.90 Å². The minimum absolute atomic E-state index is 0.574. The molecule has 1 fully saturated rings. The van der Waals surface area contributed by atoms with E-state index in [-0.39, 0.29) is 0 Å². The summed E-state index contributed by atoms with van der Waals surface area (Å²) in [5.41, 5.74) is 2.03. The van der Waals surface area contributed by atoms with Crippen molar-refractivity contribution in [2.45, 2.75) is 26.2 Å². The number of anilines is 1. The van der Waals surface area contributed by atoms with Crippen molar-refractivity contribution in [1.82, 2.24) is 14.4 Å². The minimum Gasteiger partial charge on any atom is -0.355 e. The third kappa shape index (κ3) is 3.21. The normalized spacial score (nSPS) is 15.9. The molecule has 1 aromatic carbocycles. The monoisotopic (exact) mass is 374 g/mol. The van der Waals surface area contributed by atoms with Crippen molar-refractivity contribution >= 4 is 34.5 Å². The number of nitrogens with zero attached hydrogens (tertiary/aromatic N) is 4. The van der Waals surface area contributed by atoms with Crippen LogP contribution in [0, 0.1) is 5.92 Å². The lowest BCUT2D eigenvalue weighted by Crippen LogP contribution is -2.33. The first-order valence-corrected chi connectivity index (χ1v) is 9.38. The number of fused-ring (bicyclic) bond motifs is 1. The van der Waals surface area contributed by atoms with Crippen molar-refractivity contribution in [3.8, 4) is 0 Å². The van der Waals surface area contributed by atoms with E-state index in [1.165, 1.54) is 12.8 Å². The summed E-state index contributed by atoms with van der Waals surface area (Å²) in [6, 6.07) is 5.71. The highest BCUT2D eigenvalue weighted by Crippen LogP contribution is 2.29. The van der Waals surface area contributed by atoms with Gasteiger partial charge < -0.3 is 4.90 Å². The van der Waals surface area contributed by atoms with Gasteiger partial charge in [0, 0.05) is 31.9 Å². The van der Waals surface area contributed by atoms with E-state index in [2.05, 4.69) is 26.2 Å². The summed E-state index contributed by atoms with van der Waals surface area (Å²) in [7, 11) is 0. The Morgan fingerprint density at radius 3 is 2.76 bits per heavy atom. The predicted octanol–water partition coefficient (Wildman–Crippen LogP) is 4.86. The van der Waals surface area contributed by atoms with Crippen LogP contribution in [0.3, 0.4) is 0 Å². The molecule has 4 nitrogen and oxygen atoms in total. The summed E-state index contributed by atoms with van der Waals surface area (Å²) < 4.78 is 2.11. The van der Waals surface area contributed by atoms with E-state index in [9.17, 15) is 0 Å². The van der Waals surface area contributed by atoms with Crippen molar-refractivity contribution in [1.29, 1.82) is 0 Å². The highest BCUT2D eigenvalue weighted by molar-refractivity contribution is 6.42. The molecule has 6 heteroatoms. The molecule has 0 spiro atoms. The highest BCUT2D eigenvalue weighted by Gasteiger charge is 2.20. The van der Waals surface area contributed by atoms with Crippen molar-refractivity contribution in [2.24, 2.45) is 5.92 Å². The molecule has 25 heavy (non-hydrogen) atoms. The molecule has 130 valence electrons. The van der Waals surface area contributed by atoms with Crippen LogP contribution in [-0.4, -0.2) is 27.5 Å². The fourth-order valence-corrected chi connectivity index (χ4v) is 3.80. The Balaban J connectivity index is 1.68. The average molecular weight is 375 g/mol. The molecule has 0 saturated carbocycles. The van der Waals surface area contributed by atoms with Crippen LogP contribution in [0.15, 0.2) is 36.8 Å². The van der Waals surface area contributed by atoms with Gasteiger partial charge in [0.1, 0.15) is 11.3 Å². The van der Waals surface area contributed by atoms with Crippen LogP contribution in [0.2, 0.25) is 10.0 Å². The molecular formula is C19H20Cl2N4.